The topological polar surface area (TPSA) is 76.2 Å². The highest BCUT2D eigenvalue weighted by Crippen LogP contribution is 2.25. The molecule has 1 aromatic carbocycles. The molecule has 0 spiro atoms. The number of fused-ring (bicyclic) bond motifs is 1. The van der Waals surface area contributed by atoms with Crippen LogP contribution in [0.3, 0.4) is 0 Å². The first-order valence-corrected chi connectivity index (χ1v) is 5.71. The Kier molecular flexibility index (Phi) is 2.52. The lowest BCUT2D eigenvalue weighted by molar-refractivity contribution is 0.0689. The van der Waals surface area contributed by atoms with Gasteiger partial charge in [0.15, 0.2) is 17.3 Å². The number of carboxylic acid groups (broad SMARTS) is 1. The van der Waals surface area contributed by atoms with Crippen molar-refractivity contribution in [3.8, 4) is 11.6 Å². The molecule has 3 rings (SSSR count). The van der Waals surface area contributed by atoms with Crippen LogP contribution in [0.25, 0.3) is 22.6 Å². The highest BCUT2D eigenvalue weighted by molar-refractivity contribution is 5.87. The van der Waals surface area contributed by atoms with E-state index in [1.54, 1.807) is 13.0 Å². The van der Waals surface area contributed by atoms with E-state index in [9.17, 15) is 4.79 Å². The van der Waals surface area contributed by atoms with E-state index in [4.69, 9.17) is 9.52 Å². The van der Waals surface area contributed by atoms with Gasteiger partial charge >= 0.3 is 5.97 Å². The molecular weight excluding hydrogens is 244 g/mol. The molecule has 94 valence electrons. The monoisotopic (exact) mass is 254 g/mol. The van der Waals surface area contributed by atoms with E-state index in [0.29, 0.717) is 11.3 Å². The summed E-state index contributed by atoms with van der Waals surface area (Å²) in [5.41, 5.74) is 1.23. The number of carboxylic acids is 1. The van der Waals surface area contributed by atoms with E-state index in [2.05, 4.69) is 9.97 Å². The van der Waals surface area contributed by atoms with E-state index in [1.165, 1.54) is 6.20 Å². The third-order valence-corrected chi connectivity index (χ3v) is 2.82. The third kappa shape index (κ3) is 1.95. The van der Waals surface area contributed by atoms with Crippen molar-refractivity contribution in [1.82, 2.24) is 9.97 Å². The van der Waals surface area contributed by atoms with Gasteiger partial charge in [0.2, 0.25) is 0 Å². The predicted octanol–water partition coefficient (Wildman–Crippen LogP) is 2.90. The van der Waals surface area contributed by atoms with Gasteiger partial charge in [-0.1, -0.05) is 18.2 Å². The van der Waals surface area contributed by atoms with Gasteiger partial charge in [0.25, 0.3) is 0 Å². The van der Waals surface area contributed by atoms with Gasteiger partial charge in [0.1, 0.15) is 5.58 Å². The second-order valence-electron chi connectivity index (χ2n) is 4.18. The van der Waals surface area contributed by atoms with E-state index >= 15 is 0 Å². The number of hydrogen-bond donors (Lipinski definition) is 1. The number of para-hydroxylation sites is 1. The molecule has 1 N–H and O–H groups in total. The quantitative estimate of drug-likeness (QED) is 0.760. The SMILES string of the molecule is Cc1cnc(-c2cc3ccccc3o2)nc1C(=O)O. The molecule has 19 heavy (non-hydrogen) atoms. The van der Waals surface area contributed by atoms with Crippen LogP contribution in [0.1, 0.15) is 16.1 Å². The Morgan fingerprint density at radius 3 is 2.84 bits per heavy atom. The molecule has 0 radical (unpaired) electrons. The van der Waals surface area contributed by atoms with Crippen LogP contribution in [0.5, 0.6) is 0 Å². The second kappa shape index (κ2) is 4.20. The van der Waals surface area contributed by atoms with Crippen molar-refractivity contribution in [3.05, 3.63) is 47.8 Å². The van der Waals surface area contributed by atoms with Crippen molar-refractivity contribution >= 4 is 16.9 Å². The van der Waals surface area contributed by atoms with Crippen molar-refractivity contribution in [1.29, 1.82) is 0 Å². The molecule has 5 heteroatoms. The number of carbonyl (C=O) groups is 1. The maximum absolute atomic E-state index is 11.1. The van der Waals surface area contributed by atoms with Crippen LogP contribution >= 0.6 is 0 Å². The number of aromatic carboxylic acids is 1. The van der Waals surface area contributed by atoms with Crippen molar-refractivity contribution in [2.45, 2.75) is 6.92 Å². The van der Waals surface area contributed by atoms with Gasteiger partial charge in [0.05, 0.1) is 0 Å². The number of aromatic nitrogens is 2. The zero-order valence-electron chi connectivity index (χ0n) is 10.1. The van der Waals surface area contributed by atoms with Gasteiger partial charge in [-0.05, 0) is 19.1 Å². The smallest absolute Gasteiger partial charge is 0.354 e. The van der Waals surface area contributed by atoms with Crippen LogP contribution in [0.15, 0.2) is 40.9 Å². The fraction of sp³-hybridized carbons (Fsp3) is 0.0714. The minimum atomic E-state index is -1.07. The molecule has 2 heterocycles. The molecule has 0 unspecified atom stereocenters. The Morgan fingerprint density at radius 1 is 1.32 bits per heavy atom. The van der Waals surface area contributed by atoms with Crippen LogP contribution in [0.2, 0.25) is 0 Å². The lowest BCUT2D eigenvalue weighted by Crippen LogP contribution is -2.05. The van der Waals surface area contributed by atoms with E-state index in [-0.39, 0.29) is 11.5 Å². The fourth-order valence-electron chi connectivity index (χ4n) is 1.87. The zero-order chi connectivity index (χ0) is 13.4. The van der Waals surface area contributed by atoms with Gasteiger partial charge < -0.3 is 9.52 Å². The Labute approximate surface area is 108 Å². The third-order valence-electron chi connectivity index (χ3n) is 2.82. The lowest BCUT2D eigenvalue weighted by atomic mass is 10.2. The van der Waals surface area contributed by atoms with Crippen molar-refractivity contribution in [3.63, 3.8) is 0 Å². The van der Waals surface area contributed by atoms with Gasteiger partial charge in [-0.3, -0.25) is 0 Å². The molecule has 2 aromatic heterocycles. The summed E-state index contributed by atoms with van der Waals surface area (Å²) in [5, 5.41) is 9.99. The highest BCUT2D eigenvalue weighted by atomic mass is 16.4. The summed E-state index contributed by atoms with van der Waals surface area (Å²) in [4.78, 5) is 19.2. The molecule has 0 aliphatic carbocycles. The van der Waals surface area contributed by atoms with E-state index < -0.39 is 5.97 Å². The van der Waals surface area contributed by atoms with Crippen LogP contribution in [0.4, 0.5) is 0 Å². The summed E-state index contributed by atoms with van der Waals surface area (Å²) in [7, 11) is 0. The molecule has 0 saturated heterocycles. The normalized spacial score (nSPS) is 10.8. The van der Waals surface area contributed by atoms with E-state index in [1.807, 2.05) is 24.3 Å². The number of rotatable bonds is 2. The summed E-state index contributed by atoms with van der Waals surface area (Å²) in [6.07, 6.45) is 1.49. The maximum Gasteiger partial charge on any atom is 0.354 e. The van der Waals surface area contributed by atoms with Gasteiger partial charge in [-0.25, -0.2) is 14.8 Å². The summed E-state index contributed by atoms with van der Waals surface area (Å²) in [6, 6.07) is 9.32. The Bertz CT molecular complexity index is 744. The molecule has 0 saturated carbocycles. The predicted molar refractivity (Wildman–Crippen MR) is 68.9 cm³/mol. The first-order chi connectivity index (χ1) is 9.15. The summed E-state index contributed by atoms with van der Waals surface area (Å²) < 4.78 is 5.61. The fourth-order valence-corrected chi connectivity index (χ4v) is 1.87. The lowest BCUT2D eigenvalue weighted by Gasteiger charge is -2.00. The minimum absolute atomic E-state index is 0.00884. The molecule has 0 atom stereocenters. The Morgan fingerprint density at radius 2 is 2.11 bits per heavy atom. The average molecular weight is 254 g/mol. The molecule has 0 fully saturated rings. The number of hydrogen-bond acceptors (Lipinski definition) is 4. The van der Waals surface area contributed by atoms with Crippen molar-refractivity contribution < 1.29 is 14.3 Å². The molecule has 0 aliphatic heterocycles. The minimum Gasteiger partial charge on any atom is -0.477 e. The Balaban J connectivity index is 2.16. The molecular formula is C14H10N2O3. The first kappa shape index (κ1) is 11.4. The van der Waals surface area contributed by atoms with E-state index in [0.717, 1.165) is 11.0 Å². The first-order valence-electron chi connectivity index (χ1n) is 5.71. The molecule has 0 bridgehead atoms. The molecule has 0 aliphatic rings. The average Bonchev–Trinajstić information content (AvgIpc) is 2.82. The van der Waals surface area contributed by atoms with Crippen LogP contribution in [-0.4, -0.2) is 21.0 Å². The van der Waals surface area contributed by atoms with Crippen molar-refractivity contribution in [2.24, 2.45) is 0 Å². The number of nitrogens with zero attached hydrogens (tertiary/aromatic N) is 2. The second-order valence-corrected chi connectivity index (χ2v) is 4.18. The van der Waals surface area contributed by atoms with Gasteiger partial charge in [-0.15, -0.1) is 0 Å². The van der Waals surface area contributed by atoms with Crippen LogP contribution in [0, 0.1) is 6.92 Å². The van der Waals surface area contributed by atoms with Gasteiger partial charge in [-0.2, -0.15) is 0 Å². The molecule has 3 aromatic rings. The standard InChI is InChI=1S/C14H10N2O3/c1-8-7-15-13(16-12(8)14(17)18)11-6-9-4-2-3-5-10(9)19-11/h2-7H,1H3,(H,17,18). The highest BCUT2D eigenvalue weighted by Gasteiger charge is 2.14. The van der Waals surface area contributed by atoms with Gasteiger partial charge in [0, 0.05) is 17.1 Å². The summed E-state index contributed by atoms with van der Waals surface area (Å²) in [6.45, 7) is 1.66. The maximum atomic E-state index is 11.1. The summed E-state index contributed by atoms with van der Waals surface area (Å²) >= 11 is 0. The largest absolute Gasteiger partial charge is 0.477 e. The van der Waals surface area contributed by atoms with Crippen LogP contribution in [-0.2, 0) is 0 Å². The zero-order valence-corrected chi connectivity index (χ0v) is 10.1. The summed E-state index contributed by atoms with van der Waals surface area (Å²) in [5.74, 6) is -0.333. The molecule has 5 nitrogen and oxygen atoms in total. The molecule has 0 amide bonds. The van der Waals surface area contributed by atoms with Crippen molar-refractivity contribution in [2.75, 3.05) is 0 Å². The number of aryl methyl sites for hydroxylation is 1. The number of benzene rings is 1. The number of furan rings is 1. The Hall–Kier alpha value is -2.69. The van der Waals surface area contributed by atoms with Crippen LogP contribution < -0.4 is 0 Å².